The van der Waals surface area contributed by atoms with Crippen LogP contribution in [0.5, 0.6) is 0 Å². The molecule has 1 aliphatic heterocycles. The van der Waals surface area contributed by atoms with Crippen LogP contribution >= 0.6 is 0 Å². The first kappa shape index (κ1) is 20.6. The third-order valence-electron chi connectivity index (χ3n) is 5.17. The standard InChI is InChI=1S/C25H22N6O2.2H2/c32-25(20-10-8-19(9-11-20)22-14-26-23-24(28-22)30-31-29-23)27-21-12-6-18(7-13-21)16-33-15-17-4-2-1-3-5-17;;/h1-14H,15-16H2,(H,27,32)(H3,26,28,29,30,31);2*1H. The number of hydrogen-bond acceptors (Lipinski definition) is 7. The molecular formula is C25H26N6O2. The zero-order valence-electron chi connectivity index (χ0n) is 17.7. The van der Waals surface area contributed by atoms with Gasteiger partial charge >= 0.3 is 0 Å². The highest BCUT2D eigenvalue weighted by Gasteiger charge is 2.14. The van der Waals surface area contributed by atoms with Gasteiger partial charge in [0, 0.05) is 19.7 Å². The first-order valence-electron chi connectivity index (χ1n) is 10.5. The number of carbonyl (C=O) groups excluding carboxylic acids is 1. The number of rotatable bonds is 7. The molecular weight excluding hydrogens is 416 g/mol. The molecule has 33 heavy (non-hydrogen) atoms. The molecule has 0 radical (unpaired) electrons. The predicted octanol–water partition coefficient (Wildman–Crippen LogP) is 4.86. The fourth-order valence-electron chi connectivity index (χ4n) is 3.40. The van der Waals surface area contributed by atoms with E-state index in [1.807, 2.05) is 66.7 Å². The number of hydrogen-bond donors (Lipinski definition) is 4. The van der Waals surface area contributed by atoms with Crippen molar-refractivity contribution in [3.63, 3.8) is 0 Å². The molecule has 3 aromatic carbocycles. The molecule has 2 heterocycles. The molecule has 0 bridgehead atoms. The molecule has 1 amide bonds. The summed E-state index contributed by atoms with van der Waals surface area (Å²) in [6, 6.07) is 25.0. The van der Waals surface area contributed by atoms with Crippen LogP contribution in [0.25, 0.3) is 11.3 Å². The van der Waals surface area contributed by atoms with Crippen molar-refractivity contribution in [1.82, 2.24) is 15.5 Å². The van der Waals surface area contributed by atoms with Crippen molar-refractivity contribution in [2.75, 3.05) is 16.2 Å². The van der Waals surface area contributed by atoms with E-state index in [2.05, 4.69) is 31.7 Å². The van der Waals surface area contributed by atoms with Crippen LogP contribution in [0, 0.1) is 0 Å². The van der Waals surface area contributed by atoms with Gasteiger partial charge in [-0.2, -0.15) is 0 Å². The molecule has 4 aromatic rings. The zero-order chi connectivity index (χ0) is 22.5. The molecule has 0 fully saturated rings. The van der Waals surface area contributed by atoms with Crippen LogP contribution in [0.4, 0.5) is 17.3 Å². The second-order valence-electron chi connectivity index (χ2n) is 7.53. The van der Waals surface area contributed by atoms with Crippen molar-refractivity contribution >= 4 is 23.2 Å². The van der Waals surface area contributed by atoms with Gasteiger partial charge in [0.2, 0.25) is 0 Å². The van der Waals surface area contributed by atoms with Crippen molar-refractivity contribution in [3.8, 4) is 11.3 Å². The third kappa shape index (κ3) is 4.98. The first-order chi connectivity index (χ1) is 16.2. The van der Waals surface area contributed by atoms with E-state index >= 15 is 0 Å². The van der Waals surface area contributed by atoms with Crippen LogP contribution in [-0.4, -0.2) is 15.9 Å². The van der Waals surface area contributed by atoms with Crippen LogP contribution in [0.2, 0.25) is 0 Å². The Balaban J connectivity index is 0.00000171. The Hall–Kier alpha value is -4.27. The van der Waals surface area contributed by atoms with Gasteiger partial charge in [0.05, 0.1) is 25.1 Å². The quantitative estimate of drug-likeness (QED) is 0.324. The number of hydrazine groups is 2. The molecule has 0 spiro atoms. The van der Waals surface area contributed by atoms with Crippen LogP contribution in [0.1, 0.15) is 24.3 Å². The number of benzene rings is 3. The van der Waals surface area contributed by atoms with Crippen molar-refractivity contribution < 1.29 is 12.4 Å². The van der Waals surface area contributed by atoms with Crippen LogP contribution in [0.3, 0.4) is 0 Å². The largest absolute Gasteiger partial charge is 0.372 e. The molecule has 4 N–H and O–H groups in total. The molecule has 1 aliphatic rings. The minimum absolute atomic E-state index is 0. The average molecular weight is 443 g/mol. The highest BCUT2D eigenvalue weighted by atomic mass is 16.5. The Kier molecular flexibility index (Phi) is 5.92. The predicted molar refractivity (Wildman–Crippen MR) is 131 cm³/mol. The Labute approximate surface area is 194 Å². The molecule has 1 aromatic heterocycles. The molecule has 0 unspecified atom stereocenters. The second-order valence-corrected chi connectivity index (χ2v) is 7.53. The number of ether oxygens (including phenoxy) is 1. The summed E-state index contributed by atoms with van der Waals surface area (Å²) in [5.41, 5.74) is 13.5. The zero-order valence-corrected chi connectivity index (χ0v) is 17.7. The van der Waals surface area contributed by atoms with Gasteiger partial charge in [-0.1, -0.05) is 54.6 Å². The lowest BCUT2D eigenvalue weighted by Gasteiger charge is -2.08. The molecule has 0 saturated carbocycles. The smallest absolute Gasteiger partial charge is 0.255 e. The van der Waals surface area contributed by atoms with Crippen molar-refractivity contribution in [2.45, 2.75) is 13.2 Å². The number of amides is 1. The van der Waals surface area contributed by atoms with E-state index in [1.54, 1.807) is 18.3 Å². The first-order valence-corrected chi connectivity index (χ1v) is 10.5. The monoisotopic (exact) mass is 442 g/mol. The summed E-state index contributed by atoms with van der Waals surface area (Å²) in [4.78, 5) is 21.4. The summed E-state index contributed by atoms with van der Waals surface area (Å²) in [5, 5.41) is 2.93. The normalized spacial score (nSPS) is 11.9. The SMILES string of the molecule is O=C(Nc1ccc(COCc2ccccc2)cc1)c1ccc(-c2cnc3c(n2)NNN3)cc1.[HH].[HH]. The summed E-state index contributed by atoms with van der Waals surface area (Å²) in [6.07, 6.45) is 1.68. The Morgan fingerprint density at radius 1 is 0.848 bits per heavy atom. The summed E-state index contributed by atoms with van der Waals surface area (Å²) in [7, 11) is 0. The molecule has 8 nitrogen and oxygen atoms in total. The van der Waals surface area contributed by atoms with E-state index in [0.717, 1.165) is 22.4 Å². The van der Waals surface area contributed by atoms with E-state index in [4.69, 9.17) is 4.74 Å². The highest BCUT2D eigenvalue weighted by molar-refractivity contribution is 6.04. The van der Waals surface area contributed by atoms with Gasteiger partial charge in [-0.25, -0.2) is 9.97 Å². The Bertz CT molecular complexity index is 1260. The summed E-state index contributed by atoms with van der Waals surface area (Å²) in [5.74, 6) is 1.09. The maximum Gasteiger partial charge on any atom is 0.255 e. The van der Waals surface area contributed by atoms with Gasteiger partial charge in [0.1, 0.15) is 0 Å². The fraction of sp³-hybridized carbons (Fsp3) is 0.0800. The number of carbonyl (C=O) groups is 1. The molecule has 168 valence electrons. The minimum Gasteiger partial charge on any atom is -0.372 e. The average Bonchev–Trinajstić information content (AvgIpc) is 3.34. The summed E-state index contributed by atoms with van der Waals surface area (Å²) >= 11 is 0. The van der Waals surface area contributed by atoms with Gasteiger partial charge in [-0.3, -0.25) is 15.6 Å². The van der Waals surface area contributed by atoms with Crippen molar-refractivity contribution in [3.05, 3.63) is 102 Å². The van der Waals surface area contributed by atoms with Gasteiger partial charge in [-0.15, -0.1) is 5.53 Å². The lowest BCUT2D eigenvalue weighted by atomic mass is 10.1. The maximum atomic E-state index is 12.6. The Morgan fingerprint density at radius 3 is 2.30 bits per heavy atom. The van der Waals surface area contributed by atoms with Crippen molar-refractivity contribution in [1.29, 1.82) is 0 Å². The molecule has 8 heteroatoms. The van der Waals surface area contributed by atoms with Gasteiger partial charge < -0.3 is 10.1 Å². The molecule has 0 aliphatic carbocycles. The lowest BCUT2D eigenvalue weighted by molar-refractivity contribution is 0.102. The van der Waals surface area contributed by atoms with E-state index in [0.29, 0.717) is 36.1 Å². The fourth-order valence-corrected chi connectivity index (χ4v) is 3.40. The van der Waals surface area contributed by atoms with Crippen LogP contribution in [0.15, 0.2) is 85.1 Å². The number of aromatic nitrogens is 2. The molecule has 5 rings (SSSR count). The van der Waals surface area contributed by atoms with E-state index < -0.39 is 0 Å². The van der Waals surface area contributed by atoms with Crippen molar-refractivity contribution in [2.24, 2.45) is 0 Å². The summed E-state index contributed by atoms with van der Waals surface area (Å²) < 4.78 is 5.76. The maximum absolute atomic E-state index is 12.6. The van der Waals surface area contributed by atoms with E-state index in [1.165, 1.54) is 0 Å². The number of nitrogens with one attached hydrogen (secondary N) is 4. The van der Waals surface area contributed by atoms with Gasteiger partial charge in [0.15, 0.2) is 11.6 Å². The van der Waals surface area contributed by atoms with Crippen LogP contribution in [-0.2, 0) is 18.0 Å². The number of anilines is 3. The van der Waals surface area contributed by atoms with E-state index in [-0.39, 0.29) is 8.76 Å². The summed E-state index contributed by atoms with van der Waals surface area (Å²) in [6.45, 7) is 1.08. The Morgan fingerprint density at radius 2 is 1.55 bits per heavy atom. The topological polar surface area (TPSA) is 100 Å². The second kappa shape index (κ2) is 9.47. The van der Waals surface area contributed by atoms with Gasteiger partial charge in [0.25, 0.3) is 5.91 Å². The third-order valence-corrected chi connectivity index (χ3v) is 5.17. The number of nitrogens with zero attached hydrogens (tertiary/aromatic N) is 2. The molecule has 0 saturated heterocycles. The highest BCUT2D eigenvalue weighted by Crippen LogP contribution is 2.24. The van der Waals surface area contributed by atoms with E-state index in [9.17, 15) is 4.79 Å². The van der Waals surface area contributed by atoms with Crippen LogP contribution < -0.4 is 21.7 Å². The number of fused-ring (bicyclic) bond motifs is 1. The minimum atomic E-state index is -0.176. The molecule has 0 atom stereocenters. The van der Waals surface area contributed by atoms with Gasteiger partial charge in [-0.05, 0) is 35.4 Å². The lowest BCUT2D eigenvalue weighted by Crippen LogP contribution is -2.19.